The minimum Gasteiger partial charge on any atom is -0.330 e. The molecule has 0 amide bonds. The van der Waals surface area contributed by atoms with Gasteiger partial charge in [0.05, 0.1) is 11.5 Å². The van der Waals surface area contributed by atoms with Crippen LogP contribution in [0.25, 0.3) is 0 Å². The van der Waals surface area contributed by atoms with Crippen molar-refractivity contribution < 1.29 is 8.42 Å². The standard InChI is InChI=1S/C12H17NO2S/c1-2-10-3-5-11(6-4-10)12(7-13)8-16(14,15)9-12/h3-6H,2,7-9,13H2,1H3. The van der Waals surface area contributed by atoms with E-state index in [-0.39, 0.29) is 16.9 Å². The van der Waals surface area contributed by atoms with Gasteiger partial charge >= 0.3 is 0 Å². The van der Waals surface area contributed by atoms with Crippen molar-refractivity contribution >= 4 is 9.84 Å². The van der Waals surface area contributed by atoms with E-state index in [1.807, 2.05) is 12.1 Å². The van der Waals surface area contributed by atoms with Crippen LogP contribution in [0.5, 0.6) is 0 Å². The molecule has 4 heteroatoms. The van der Waals surface area contributed by atoms with Crippen LogP contribution in [0.1, 0.15) is 18.1 Å². The second kappa shape index (κ2) is 3.86. The van der Waals surface area contributed by atoms with Gasteiger partial charge in [0.25, 0.3) is 0 Å². The van der Waals surface area contributed by atoms with Gasteiger partial charge in [-0.15, -0.1) is 0 Å². The topological polar surface area (TPSA) is 60.2 Å². The maximum Gasteiger partial charge on any atom is 0.152 e. The molecule has 0 aromatic heterocycles. The van der Waals surface area contributed by atoms with Crippen molar-refractivity contribution in [2.75, 3.05) is 18.1 Å². The van der Waals surface area contributed by atoms with Crippen molar-refractivity contribution in [1.29, 1.82) is 0 Å². The van der Waals surface area contributed by atoms with Gasteiger partial charge in [-0.25, -0.2) is 8.42 Å². The molecule has 1 aliphatic heterocycles. The molecular formula is C12H17NO2S. The van der Waals surface area contributed by atoms with E-state index < -0.39 is 9.84 Å². The number of sulfone groups is 1. The molecule has 0 spiro atoms. The van der Waals surface area contributed by atoms with Crippen LogP contribution in [-0.4, -0.2) is 26.5 Å². The minimum absolute atomic E-state index is 0.196. The molecule has 1 aromatic carbocycles. The third-order valence-corrected chi connectivity index (χ3v) is 5.34. The van der Waals surface area contributed by atoms with Gasteiger partial charge in [0.15, 0.2) is 9.84 Å². The van der Waals surface area contributed by atoms with Gasteiger partial charge in [-0.3, -0.25) is 0 Å². The molecule has 0 saturated carbocycles. The molecule has 0 unspecified atom stereocenters. The van der Waals surface area contributed by atoms with Gasteiger partial charge in [0.1, 0.15) is 0 Å². The zero-order chi connectivity index (χ0) is 11.8. The third kappa shape index (κ3) is 1.87. The second-order valence-corrected chi connectivity index (χ2v) is 6.63. The van der Waals surface area contributed by atoms with Crippen LogP contribution in [0.4, 0.5) is 0 Å². The van der Waals surface area contributed by atoms with E-state index in [1.54, 1.807) is 0 Å². The molecule has 3 nitrogen and oxygen atoms in total. The predicted molar refractivity (Wildman–Crippen MR) is 65.2 cm³/mol. The van der Waals surface area contributed by atoms with Crippen LogP contribution in [-0.2, 0) is 21.7 Å². The number of aryl methyl sites for hydroxylation is 1. The molecule has 0 radical (unpaired) electrons. The highest BCUT2D eigenvalue weighted by Gasteiger charge is 2.48. The fourth-order valence-corrected chi connectivity index (χ4v) is 4.46. The molecule has 1 heterocycles. The molecule has 0 aliphatic carbocycles. The van der Waals surface area contributed by atoms with Gasteiger partial charge in [-0.05, 0) is 17.5 Å². The molecule has 0 bridgehead atoms. The molecule has 2 N–H and O–H groups in total. The number of hydrogen-bond acceptors (Lipinski definition) is 3. The maximum atomic E-state index is 11.3. The van der Waals surface area contributed by atoms with Crippen LogP contribution in [0.15, 0.2) is 24.3 Å². The zero-order valence-corrected chi connectivity index (χ0v) is 10.3. The van der Waals surface area contributed by atoms with E-state index in [4.69, 9.17) is 5.73 Å². The van der Waals surface area contributed by atoms with E-state index in [9.17, 15) is 8.42 Å². The average Bonchev–Trinajstić information content (AvgIpc) is 2.25. The van der Waals surface area contributed by atoms with Crippen molar-refractivity contribution in [3.8, 4) is 0 Å². The van der Waals surface area contributed by atoms with Crippen molar-refractivity contribution in [3.05, 3.63) is 35.4 Å². The largest absolute Gasteiger partial charge is 0.330 e. The molecule has 0 atom stereocenters. The molecule has 1 aromatic rings. The lowest BCUT2D eigenvalue weighted by molar-refractivity contribution is 0.465. The van der Waals surface area contributed by atoms with Crippen molar-refractivity contribution in [1.82, 2.24) is 0 Å². The Hall–Kier alpha value is -0.870. The summed E-state index contributed by atoms with van der Waals surface area (Å²) in [5.74, 6) is 0.393. The first-order valence-electron chi connectivity index (χ1n) is 5.51. The summed E-state index contributed by atoms with van der Waals surface area (Å²) in [4.78, 5) is 0. The van der Waals surface area contributed by atoms with E-state index in [1.165, 1.54) is 5.56 Å². The summed E-state index contributed by atoms with van der Waals surface area (Å²) >= 11 is 0. The van der Waals surface area contributed by atoms with Gasteiger partial charge in [-0.2, -0.15) is 0 Å². The van der Waals surface area contributed by atoms with Crippen molar-refractivity contribution in [2.45, 2.75) is 18.8 Å². The first-order valence-corrected chi connectivity index (χ1v) is 7.33. The Balaban J connectivity index is 2.29. The first-order chi connectivity index (χ1) is 7.51. The number of benzene rings is 1. The molecular weight excluding hydrogens is 222 g/mol. The smallest absolute Gasteiger partial charge is 0.152 e. The van der Waals surface area contributed by atoms with Gasteiger partial charge in [0.2, 0.25) is 0 Å². The van der Waals surface area contributed by atoms with Crippen LogP contribution in [0.2, 0.25) is 0 Å². The third-order valence-electron chi connectivity index (χ3n) is 3.36. The minimum atomic E-state index is -2.85. The molecule has 16 heavy (non-hydrogen) atoms. The Kier molecular flexibility index (Phi) is 2.80. The highest BCUT2D eigenvalue weighted by molar-refractivity contribution is 7.93. The Morgan fingerprint density at radius 3 is 2.19 bits per heavy atom. The SMILES string of the molecule is CCc1ccc(C2(CN)CS(=O)(=O)C2)cc1. The Bertz CT molecular complexity index is 464. The zero-order valence-electron chi connectivity index (χ0n) is 9.44. The summed E-state index contributed by atoms with van der Waals surface area (Å²) in [7, 11) is -2.85. The Labute approximate surface area is 96.6 Å². The first kappa shape index (κ1) is 11.6. The fourth-order valence-electron chi connectivity index (χ4n) is 2.30. The van der Waals surface area contributed by atoms with E-state index in [0.717, 1.165) is 12.0 Å². The summed E-state index contributed by atoms with van der Waals surface area (Å²) in [5.41, 5.74) is 7.72. The van der Waals surface area contributed by atoms with E-state index in [2.05, 4.69) is 19.1 Å². The quantitative estimate of drug-likeness (QED) is 0.851. The lowest BCUT2D eigenvalue weighted by Gasteiger charge is -2.40. The monoisotopic (exact) mass is 239 g/mol. The number of hydrogen-bond donors (Lipinski definition) is 1. The predicted octanol–water partition coefficient (Wildman–Crippen LogP) is 0.874. The van der Waals surface area contributed by atoms with Crippen LogP contribution in [0.3, 0.4) is 0 Å². The van der Waals surface area contributed by atoms with E-state index in [0.29, 0.717) is 6.54 Å². The highest BCUT2D eigenvalue weighted by Crippen LogP contribution is 2.35. The second-order valence-electron chi connectivity index (χ2n) is 4.57. The summed E-state index contributed by atoms with van der Waals surface area (Å²) in [6.07, 6.45) is 0.994. The summed E-state index contributed by atoms with van der Waals surface area (Å²) < 4.78 is 22.6. The molecule has 1 fully saturated rings. The summed E-state index contributed by atoms with van der Waals surface area (Å²) in [6, 6.07) is 8.14. The van der Waals surface area contributed by atoms with Crippen LogP contribution >= 0.6 is 0 Å². The maximum absolute atomic E-state index is 11.3. The lowest BCUT2D eigenvalue weighted by Crippen LogP contribution is -2.56. The molecule has 88 valence electrons. The van der Waals surface area contributed by atoms with Gasteiger partial charge in [0, 0.05) is 12.0 Å². The fraction of sp³-hybridized carbons (Fsp3) is 0.500. The number of rotatable bonds is 3. The van der Waals surface area contributed by atoms with Crippen LogP contribution < -0.4 is 5.73 Å². The highest BCUT2D eigenvalue weighted by atomic mass is 32.2. The van der Waals surface area contributed by atoms with Crippen molar-refractivity contribution in [2.24, 2.45) is 5.73 Å². The normalized spacial score (nSPS) is 21.4. The molecule has 1 aliphatic rings. The van der Waals surface area contributed by atoms with E-state index >= 15 is 0 Å². The number of nitrogens with two attached hydrogens (primary N) is 1. The lowest BCUT2D eigenvalue weighted by atomic mass is 9.83. The van der Waals surface area contributed by atoms with Gasteiger partial charge in [-0.1, -0.05) is 31.2 Å². The Morgan fingerprint density at radius 2 is 1.81 bits per heavy atom. The van der Waals surface area contributed by atoms with Crippen LogP contribution in [0, 0.1) is 0 Å². The Morgan fingerprint density at radius 1 is 1.25 bits per heavy atom. The summed E-state index contributed by atoms with van der Waals surface area (Å²) in [6.45, 7) is 2.50. The van der Waals surface area contributed by atoms with Crippen molar-refractivity contribution in [3.63, 3.8) is 0 Å². The molecule has 2 rings (SSSR count). The molecule has 1 saturated heterocycles. The average molecular weight is 239 g/mol. The van der Waals surface area contributed by atoms with Gasteiger partial charge < -0.3 is 5.73 Å². The summed E-state index contributed by atoms with van der Waals surface area (Å²) in [5, 5.41) is 0.